The molecule has 0 aliphatic rings. The molecule has 92 valence electrons. The molecule has 0 amide bonds. The summed E-state index contributed by atoms with van der Waals surface area (Å²) in [6.07, 6.45) is -1.55. The predicted molar refractivity (Wildman–Crippen MR) is 47.9 cm³/mol. The van der Waals surface area contributed by atoms with E-state index in [9.17, 15) is 22.3 Å². The molecule has 0 bridgehead atoms. The second-order valence-corrected chi connectivity index (χ2v) is 5.69. The maximum atomic E-state index is 12.6. The molecule has 0 heterocycles. The summed E-state index contributed by atoms with van der Waals surface area (Å²) in [5.41, 5.74) is -0.824. The molecule has 0 radical (unpaired) electrons. The van der Waals surface area contributed by atoms with Crippen LogP contribution in [-0.2, 0) is 14.9 Å². The normalized spacial score (nSPS) is 16.5. The van der Waals surface area contributed by atoms with E-state index in [1.807, 2.05) is 0 Å². The van der Waals surface area contributed by atoms with Crippen LogP contribution in [-0.4, -0.2) is 36.2 Å². The maximum absolute atomic E-state index is 12.6. The molecule has 0 rings (SSSR count). The van der Waals surface area contributed by atoms with Gasteiger partial charge in [0.05, 0.1) is 0 Å². The minimum atomic E-state index is -5.51. The monoisotopic (exact) mass is 248 g/mol. The van der Waals surface area contributed by atoms with Gasteiger partial charge in [-0.1, -0.05) is 20.8 Å². The smallest absolute Gasteiger partial charge is 0.368 e. The Kier molecular flexibility index (Phi) is 4.19. The number of aliphatic hydroxyl groups excluding tert-OH is 1. The van der Waals surface area contributed by atoms with Gasteiger partial charge in [-0.2, -0.15) is 17.2 Å². The molecule has 0 fully saturated rings. The van der Waals surface area contributed by atoms with Crippen LogP contribution < -0.4 is 0 Å². The zero-order valence-electron chi connectivity index (χ0n) is 8.57. The molecular formula is C7H14F2O5S. The van der Waals surface area contributed by atoms with Crippen LogP contribution in [0.2, 0.25) is 0 Å². The Morgan fingerprint density at radius 1 is 1.33 bits per heavy atom. The minimum Gasteiger partial charge on any atom is -0.368 e. The van der Waals surface area contributed by atoms with Crippen molar-refractivity contribution in [2.24, 2.45) is 5.41 Å². The van der Waals surface area contributed by atoms with Crippen LogP contribution in [0.3, 0.4) is 0 Å². The Balaban J connectivity index is 4.42. The summed E-state index contributed by atoms with van der Waals surface area (Å²) in [6.45, 7) is 2.96. The first-order chi connectivity index (χ1) is 6.38. The second kappa shape index (κ2) is 4.28. The van der Waals surface area contributed by atoms with Gasteiger partial charge in [0.25, 0.3) is 0 Å². The van der Waals surface area contributed by atoms with Gasteiger partial charge in [-0.15, -0.1) is 0 Å². The molecule has 5 nitrogen and oxygen atoms in total. The topological polar surface area (TPSA) is 83.8 Å². The van der Waals surface area contributed by atoms with Crippen LogP contribution >= 0.6 is 0 Å². The summed E-state index contributed by atoms with van der Waals surface area (Å²) in [5.74, 6) is 0. The lowest BCUT2D eigenvalue weighted by molar-refractivity contribution is -0.184. The van der Waals surface area contributed by atoms with Crippen LogP contribution in [0.25, 0.3) is 0 Å². The maximum Gasteiger partial charge on any atom is 0.392 e. The largest absolute Gasteiger partial charge is 0.392 e. The average Bonchev–Trinajstić information content (AvgIpc) is 1.96. The van der Waals surface area contributed by atoms with E-state index < -0.39 is 33.7 Å². The number of aliphatic hydroxyl groups is 1. The van der Waals surface area contributed by atoms with E-state index in [1.54, 1.807) is 0 Å². The van der Waals surface area contributed by atoms with Crippen LogP contribution in [0.1, 0.15) is 20.8 Å². The third-order valence-electron chi connectivity index (χ3n) is 1.53. The van der Waals surface area contributed by atoms with Gasteiger partial charge in [0.1, 0.15) is 6.61 Å². The number of ether oxygens (including phenoxy) is 1. The molecule has 1 atom stereocenters. The Hall–Kier alpha value is -0.310. The van der Waals surface area contributed by atoms with Gasteiger partial charge in [-0.3, -0.25) is 4.55 Å². The van der Waals surface area contributed by atoms with Gasteiger partial charge in [-0.05, 0) is 0 Å². The molecular weight excluding hydrogens is 234 g/mol. The lowest BCUT2D eigenvalue weighted by Crippen LogP contribution is -2.38. The molecule has 2 N–H and O–H groups in total. The molecule has 0 aromatic carbocycles. The van der Waals surface area contributed by atoms with E-state index >= 15 is 0 Å². The van der Waals surface area contributed by atoms with Gasteiger partial charge in [0.2, 0.25) is 0 Å². The molecule has 1 unspecified atom stereocenters. The first-order valence-corrected chi connectivity index (χ1v) is 5.46. The van der Waals surface area contributed by atoms with E-state index in [-0.39, 0.29) is 0 Å². The van der Waals surface area contributed by atoms with Crippen LogP contribution in [0.4, 0.5) is 8.78 Å². The van der Waals surface area contributed by atoms with Crippen molar-refractivity contribution in [1.29, 1.82) is 0 Å². The van der Waals surface area contributed by atoms with Crippen molar-refractivity contribution in [3.63, 3.8) is 0 Å². The first kappa shape index (κ1) is 14.7. The predicted octanol–water partition coefficient (Wildman–Crippen LogP) is 0.848. The van der Waals surface area contributed by atoms with Crippen molar-refractivity contribution in [3.8, 4) is 0 Å². The first-order valence-electron chi connectivity index (χ1n) is 4.02. The zero-order chi connectivity index (χ0) is 12.5. The summed E-state index contributed by atoms with van der Waals surface area (Å²) in [6, 6.07) is 0. The van der Waals surface area contributed by atoms with Crippen LogP contribution in [0, 0.1) is 5.41 Å². The van der Waals surface area contributed by atoms with Crippen molar-refractivity contribution in [2.75, 3.05) is 6.61 Å². The summed E-state index contributed by atoms with van der Waals surface area (Å²) < 4.78 is 57.9. The Labute approximate surface area is 86.8 Å². The highest BCUT2D eigenvalue weighted by Crippen LogP contribution is 2.25. The number of halogens is 2. The van der Waals surface area contributed by atoms with Crippen molar-refractivity contribution in [3.05, 3.63) is 0 Å². The standard InChI is InChI=1S/C7H14F2O5S/c1-6(2,3)5(10)14-4-7(8,9)15(11,12)13/h5,10H,4H2,1-3H3,(H,11,12,13). The molecule has 0 aliphatic heterocycles. The second-order valence-electron chi connectivity index (χ2n) is 4.14. The van der Waals surface area contributed by atoms with Crippen LogP contribution in [0.15, 0.2) is 0 Å². The highest BCUT2D eigenvalue weighted by atomic mass is 32.2. The van der Waals surface area contributed by atoms with E-state index in [0.717, 1.165) is 0 Å². The zero-order valence-corrected chi connectivity index (χ0v) is 9.38. The summed E-state index contributed by atoms with van der Waals surface area (Å²) in [7, 11) is -5.51. The SMILES string of the molecule is CC(C)(C)C(O)OCC(F)(F)S(=O)(=O)O. The third kappa shape index (κ3) is 4.37. The Bertz CT molecular complexity index is 306. The fourth-order valence-electron chi connectivity index (χ4n) is 0.500. The van der Waals surface area contributed by atoms with Crippen molar-refractivity contribution >= 4 is 10.1 Å². The molecule has 8 heteroatoms. The number of rotatable bonds is 4. The van der Waals surface area contributed by atoms with Gasteiger partial charge < -0.3 is 9.84 Å². The van der Waals surface area contributed by atoms with E-state index in [2.05, 4.69) is 4.74 Å². The van der Waals surface area contributed by atoms with E-state index in [4.69, 9.17) is 4.55 Å². The molecule has 0 saturated carbocycles. The molecule has 0 saturated heterocycles. The molecule has 0 spiro atoms. The van der Waals surface area contributed by atoms with Gasteiger partial charge in [0, 0.05) is 5.41 Å². The lowest BCUT2D eigenvalue weighted by atomic mass is 9.96. The number of alkyl halides is 2. The number of hydrogen-bond donors (Lipinski definition) is 2. The summed E-state index contributed by atoms with van der Waals surface area (Å²) in [4.78, 5) is 0. The van der Waals surface area contributed by atoms with Gasteiger partial charge in [-0.25, -0.2) is 0 Å². The van der Waals surface area contributed by atoms with Crippen molar-refractivity contribution < 1.29 is 31.6 Å². The van der Waals surface area contributed by atoms with Gasteiger partial charge in [0.15, 0.2) is 6.29 Å². The fourth-order valence-corrected chi connectivity index (χ4v) is 0.717. The molecule has 0 aromatic rings. The van der Waals surface area contributed by atoms with E-state index in [1.165, 1.54) is 20.8 Å². The van der Waals surface area contributed by atoms with E-state index in [0.29, 0.717) is 0 Å². The highest BCUT2D eigenvalue weighted by Gasteiger charge is 2.45. The quantitative estimate of drug-likeness (QED) is 0.569. The highest BCUT2D eigenvalue weighted by molar-refractivity contribution is 7.86. The fraction of sp³-hybridized carbons (Fsp3) is 1.00. The lowest BCUT2D eigenvalue weighted by Gasteiger charge is -2.26. The Morgan fingerprint density at radius 3 is 2.00 bits per heavy atom. The average molecular weight is 248 g/mol. The summed E-state index contributed by atoms with van der Waals surface area (Å²) >= 11 is 0. The Morgan fingerprint density at radius 2 is 1.73 bits per heavy atom. The molecule has 15 heavy (non-hydrogen) atoms. The van der Waals surface area contributed by atoms with Gasteiger partial charge >= 0.3 is 15.4 Å². The van der Waals surface area contributed by atoms with Crippen molar-refractivity contribution in [2.45, 2.75) is 32.3 Å². The van der Waals surface area contributed by atoms with Crippen molar-refractivity contribution in [1.82, 2.24) is 0 Å². The number of hydrogen-bond acceptors (Lipinski definition) is 4. The summed E-state index contributed by atoms with van der Waals surface area (Å²) in [5, 5.41) is 4.77. The minimum absolute atomic E-state index is 0.824. The molecule has 0 aliphatic carbocycles. The molecule has 0 aromatic heterocycles. The van der Waals surface area contributed by atoms with Crippen LogP contribution in [0.5, 0.6) is 0 Å². The third-order valence-corrected chi connectivity index (χ3v) is 2.40.